The maximum absolute atomic E-state index is 12.1. The van der Waals surface area contributed by atoms with Crippen LogP contribution in [0.5, 0.6) is 11.5 Å². The number of esters is 1. The van der Waals surface area contributed by atoms with Gasteiger partial charge in [-0.3, -0.25) is 0 Å². The van der Waals surface area contributed by atoms with E-state index in [0.29, 0.717) is 6.07 Å². The van der Waals surface area contributed by atoms with Crippen molar-refractivity contribution in [2.24, 2.45) is 0 Å². The van der Waals surface area contributed by atoms with Crippen molar-refractivity contribution in [1.82, 2.24) is 4.98 Å². The molecule has 1 aromatic heterocycles. The van der Waals surface area contributed by atoms with E-state index in [0.717, 1.165) is 7.11 Å². The second-order valence-corrected chi connectivity index (χ2v) is 3.53. The third-order valence-electron chi connectivity index (χ3n) is 1.77. The molecule has 0 amide bonds. The van der Waals surface area contributed by atoms with Crippen molar-refractivity contribution in [3.63, 3.8) is 0 Å². The molecule has 0 saturated heterocycles. The summed E-state index contributed by atoms with van der Waals surface area (Å²) in [6.45, 7) is 0. The van der Waals surface area contributed by atoms with Crippen LogP contribution in [-0.4, -0.2) is 29.5 Å². The van der Waals surface area contributed by atoms with Gasteiger partial charge in [0.1, 0.15) is 0 Å². The molecule has 18 heavy (non-hydrogen) atoms. The van der Waals surface area contributed by atoms with Gasteiger partial charge in [0, 0.05) is 11.4 Å². The normalized spacial score (nSPS) is 11.2. The Bertz CT molecular complexity index is 464. The zero-order valence-corrected chi connectivity index (χ0v) is 10.5. The minimum atomic E-state index is -4.92. The molecule has 0 aliphatic carbocycles. The molecule has 0 aromatic carbocycles. The van der Waals surface area contributed by atoms with Crippen LogP contribution in [0.3, 0.4) is 0 Å². The first-order valence-electron chi connectivity index (χ1n) is 4.41. The fourth-order valence-corrected chi connectivity index (χ4v) is 1.48. The van der Waals surface area contributed by atoms with Crippen LogP contribution in [0.15, 0.2) is 6.07 Å². The summed E-state index contributed by atoms with van der Waals surface area (Å²) >= 11 is 2.90. The van der Waals surface area contributed by atoms with Crippen LogP contribution in [0.2, 0.25) is 0 Å². The Hall–Kier alpha value is -1.51. The van der Waals surface area contributed by atoms with Crippen molar-refractivity contribution in [2.75, 3.05) is 7.11 Å². The standard InChI is InChI=1S/C9H7BrF3NO4/c1-17-8(16)7-5(15)2-6(4(3-10)14-7)18-9(11,12)13/h2,15H,3H2,1H3. The van der Waals surface area contributed by atoms with E-state index in [1.807, 2.05) is 0 Å². The zero-order valence-electron chi connectivity index (χ0n) is 8.92. The molecule has 1 heterocycles. The average molecular weight is 330 g/mol. The van der Waals surface area contributed by atoms with Gasteiger partial charge in [0.05, 0.1) is 12.8 Å². The number of hydrogen-bond acceptors (Lipinski definition) is 5. The van der Waals surface area contributed by atoms with E-state index in [9.17, 15) is 23.1 Å². The first kappa shape index (κ1) is 14.6. The number of ether oxygens (including phenoxy) is 2. The predicted molar refractivity (Wildman–Crippen MR) is 56.6 cm³/mol. The van der Waals surface area contributed by atoms with Crippen molar-refractivity contribution in [1.29, 1.82) is 0 Å². The molecule has 0 bridgehead atoms. The Morgan fingerprint density at radius 2 is 2.17 bits per heavy atom. The molecule has 0 atom stereocenters. The number of aromatic nitrogens is 1. The molecule has 0 unspecified atom stereocenters. The highest BCUT2D eigenvalue weighted by Gasteiger charge is 2.33. The van der Waals surface area contributed by atoms with E-state index in [4.69, 9.17) is 0 Å². The predicted octanol–water partition coefficient (Wildman–Crippen LogP) is 2.37. The fourth-order valence-electron chi connectivity index (χ4n) is 1.08. The molecular formula is C9H7BrF3NO4. The molecule has 100 valence electrons. The van der Waals surface area contributed by atoms with Gasteiger partial charge >= 0.3 is 12.3 Å². The molecule has 0 spiro atoms. The van der Waals surface area contributed by atoms with E-state index >= 15 is 0 Å². The number of aromatic hydroxyl groups is 1. The molecule has 1 N–H and O–H groups in total. The average Bonchev–Trinajstić information content (AvgIpc) is 2.26. The zero-order chi connectivity index (χ0) is 13.9. The van der Waals surface area contributed by atoms with Gasteiger partial charge in [-0.25, -0.2) is 9.78 Å². The highest BCUT2D eigenvalue weighted by atomic mass is 79.9. The largest absolute Gasteiger partial charge is 0.573 e. The first-order valence-corrected chi connectivity index (χ1v) is 5.53. The van der Waals surface area contributed by atoms with Gasteiger partial charge < -0.3 is 14.6 Å². The minimum absolute atomic E-state index is 0.0946. The van der Waals surface area contributed by atoms with Gasteiger partial charge in [0.15, 0.2) is 17.2 Å². The molecule has 0 radical (unpaired) electrons. The third-order valence-corrected chi connectivity index (χ3v) is 2.30. The fraction of sp³-hybridized carbons (Fsp3) is 0.333. The number of carbonyl (C=O) groups excluding carboxylic acids is 1. The number of hydrogen-bond donors (Lipinski definition) is 1. The van der Waals surface area contributed by atoms with E-state index in [2.05, 4.69) is 30.4 Å². The molecular weight excluding hydrogens is 323 g/mol. The van der Waals surface area contributed by atoms with Crippen molar-refractivity contribution >= 4 is 21.9 Å². The second kappa shape index (κ2) is 5.42. The van der Waals surface area contributed by atoms with Crippen molar-refractivity contribution < 1.29 is 32.5 Å². The molecule has 0 fully saturated rings. The van der Waals surface area contributed by atoms with Crippen LogP contribution in [0.1, 0.15) is 16.2 Å². The van der Waals surface area contributed by atoms with Crippen LogP contribution in [0.4, 0.5) is 13.2 Å². The van der Waals surface area contributed by atoms with Crippen LogP contribution in [-0.2, 0) is 10.1 Å². The van der Waals surface area contributed by atoms with Crippen LogP contribution >= 0.6 is 15.9 Å². The number of pyridine rings is 1. The minimum Gasteiger partial charge on any atom is -0.505 e. The maximum atomic E-state index is 12.1. The van der Waals surface area contributed by atoms with E-state index in [1.54, 1.807) is 0 Å². The lowest BCUT2D eigenvalue weighted by Gasteiger charge is -2.13. The number of halogens is 4. The van der Waals surface area contributed by atoms with Crippen molar-refractivity contribution in [2.45, 2.75) is 11.7 Å². The Labute approximate surface area is 108 Å². The van der Waals surface area contributed by atoms with Crippen LogP contribution < -0.4 is 4.74 Å². The summed E-state index contributed by atoms with van der Waals surface area (Å²) in [6, 6.07) is 0.656. The van der Waals surface area contributed by atoms with Crippen molar-refractivity contribution in [3.8, 4) is 11.5 Å². The van der Waals surface area contributed by atoms with Gasteiger partial charge in [-0.05, 0) is 0 Å². The maximum Gasteiger partial charge on any atom is 0.573 e. The second-order valence-electron chi connectivity index (χ2n) is 2.97. The summed E-state index contributed by atoms with van der Waals surface area (Å²) < 4.78 is 44.2. The monoisotopic (exact) mass is 329 g/mol. The van der Waals surface area contributed by atoms with Crippen molar-refractivity contribution in [3.05, 3.63) is 17.5 Å². The summed E-state index contributed by atoms with van der Waals surface area (Å²) in [6.07, 6.45) is -4.92. The topological polar surface area (TPSA) is 68.7 Å². The van der Waals surface area contributed by atoms with Gasteiger partial charge in [-0.15, -0.1) is 13.2 Å². The lowest BCUT2D eigenvalue weighted by molar-refractivity contribution is -0.275. The molecule has 9 heteroatoms. The molecule has 1 rings (SSSR count). The molecule has 0 aliphatic rings. The molecule has 0 saturated carbocycles. The van der Waals surface area contributed by atoms with Crippen LogP contribution in [0, 0.1) is 0 Å². The highest BCUT2D eigenvalue weighted by Crippen LogP contribution is 2.31. The number of nitrogens with zero attached hydrogens (tertiary/aromatic N) is 1. The summed E-state index contributed by atoms with van der Waals surface area (Å²) in [5.41, 5.74) is -0.674. The van der Waals surface area contributed by atoms with Gasteiger partial charge in [0.2, 0.25) is 0 Å². The summed E-state index contributed by atoms with van der Waals surface area (Å²) in [7, 11) is 1.05. The van der Waals surface area contributed by atoms with Gasteiger partial charge in [-0.1, -0.05) is 15.9 Å². The SMILES string of the molecule is COC(=O)c1nc(CBr)c(OC(F)(F)F)cc1O. The molecule has 1 aromatic rings. The number of carbonyl (C=O) groups is 1. The summed E-state index contributed by atoms with van der Waals surface area (Å²) in [4.78, 5) is 14.7. The highest BCUT2D eigenvalue weighted by molar-refractivity contribution is 9.08. The number of alkyl halides is 4. The van der Waals surface area contributed by atoms with E-state index < -0.39 is 29.5 Å². The third kappa shape index (κ3) is 3.49. The molecule has 0 aliphatic heterocycles. The van der Waals surface area contributed by atoms with Gasteiger partial charge in [0.25, 0.3) is 0 Å². The Morgan fingerprint density at radius 1 is 1.56 bits per heavy atom. The lowest BCUT2D eigenvalue weighted by atomic mass is 10.2. The Morgan fingerprint density at radius 3 is 2.61 bits per heavy atom. The smallest absolute Gasteiger partial charge is 0.505 e. The number of methoxy groups -OCH3 is 1. The molecule has 5 nitrogen and oxygen atoms in total. The summed E-state index contributed by atoms with van der Waals surface area (Å²) in [5.74, 6) is -2.41. The lowest BCUT2D eigenvalue weighted by Crippen LogP contribution is -2.19. The Balaban J connectivity index is 3.23. The van der Waals surface area contributed by atoms with Gasteiger partial charge in [-0.2, -0.15) is 0 Å². The first-order chi connectivity index (χ1) is 8.28. The number of rotatable bonds is 3. The summed E-state index contributed by atoms with van der Waals surface area (Å²) in [5, 5.41) is 9.29. The van der Waals surface area contributed by atoms with E-state index in [1.165, 1.54) is 0 Å². The quantitative estimate of drug-likeness (QED) is 0.681. The van der Waals surface area contributed by atoms with Crippen LogP contribution in [0.25, 0.3) is 0 Å². The Kier molecular flexibility index (Phi) is 4.38. The van der Waals surface area contributed by atoms with E-state index in [-0.39, 0.29) is 11.0 Å².